The molecule has 0 atom stereocenters. The Bertz CT molecular complexity index is 2210. The number of anilines is 4. The molecule has 0 saturated carbocycles. The molecule has 4 heterocycles. The van der Waals surface area contributed by atoms with Gasteiger partial charge in [0.05, 0.1) is 23.8 Å². The predicted molar refractivity (Wildman–Crippen MR) is 233 cm³/mol. The van der Waals surface area contributed by atoms with Gasteiger partial charge in [0.15, 0.2) is 0 Å². The summed E-state index contributed by atoms with van der Waals surface area (Å²) in [5, 5.41) is 29.2. The van der Waals surface area contributed by atoms with Crippen LogP contribution in [0.5, 0.6) is 0 Å². The van der Waals surface area contributed by atoms with Crippen LogP contribution in [0.1, 0.15) is 51.4 Å². The second-order valence-corrected chi connectivity index (χ2v) is 15.3. The maximum Gasteiger partial charge on any atom is 0.323 e. The van der Waals surface area contributed by atoms with Crippen molar-refractivity contribution in [1.82, 2.24) is 39.8 Å². The average molecular weight is 807 g/mol. The number of nitrogens with one attached hydrogen (secondary N) is 4. The Kier molecular flexibility index (Phi) is 12.9. The van der Waals surface area contributed by atoms with Crippen LogP contribution in [-0.4, -0.2) is 96.9 Å². The quantitative estimate of drug-likeness (QED) is 0.0874. The predicted octanol–water partition coefficient (Wildman–Crippen LogP) is 7.46. The van der Waals surface area contributed by atoms with Crippen molar-refractivity contribution in [3.63, 3.8) is 0 Å². The standard InChI is InChI=1S/C45H50N12O3/c58-43(21-27-54-23-3-1-4-24-54)46-35-13-17-39(18-14-35)56-31-41(50-52-56)33-9-7-11-37(29-33)48-45(60)49-38-12-8-10-34(30-38)42-32-57(53-51-42)40-19-15-36(16-20-40)47-44(59)22-28-55-25-5-2-6-26-55/h7-20,29-32H,1-6,21-28H2,(H,46,58)(H,47,59)(H2,48,49,60). The van der Waals surface area contributed by atoms with Gasteiger partial charge in [0, 0.05) is 59.8 Å². The number of nitrogens with zero attached hydrogens (tertiary/aromatic N) is 8. The van der Waals surface area contributed by atoms with E-state index in [1.165, 1.54) is 38.5 Å². The van der Waals surface area contributed by atoms with E-state index in [1.807, 2.05) is 97.3 Å². The van der Waals surface area contributed by atoms with Crippen molar-refractivity contribution in [3.8, 4) is 33.9 Å². The Morgan fingerprint density at radius 1 is 0.483 bits per heavy atom. The Labute approximate surface area is 349 Å². The van der Waals surface area contributed by atoms with E-state index >= 15 is 0 Å². The molecular formula is C45H50N12O3. The number of hydrogen-bond acceptors (Lipinski definition) is 9. The van der Waals surface area contributed by atoms with Crippen molar-refractivity contribution in [2.75, 3.05) is 60.5 Å². The van der Waals surface area contributed by atoms with Gasteiger partial charge in [0.2, 0.25) is 11.8 Å². The maximum atomic E-state index is 13.1. The van der Waals surface area contributed by atoms with Crippen molar-refractivity contribution < 1.29 is 14.4 Å². The Hall–Kier alpha value is -6.71. The fourth-order valence-electron chi connectivity index (χ4n) is 7.58. The molecule has 60 heavy (non-hydrogen) atoms. The number of rotatable bonds is 14. The zero-order valence-corrected chi connectivity index (χ0v) is 33.6. The second kappa shape index (κ2) is 19.4. The summed E-state index contributed by atoms with van der Waals surface area (Å²) >= 11 is 0. The van der Waals surface area contributed by atoms with E-state index in [-0.39, 0.29) is 11.8 Å². The highest BCUT2D eigenvalue weighted by Gasteiger charge is 2.15. The molecule has 0 aliphatic carbocycles. The van der Waals surface area contributed by atoms with Crippen LogP contribution < -0.4 is 21.3 Å². The molecule has 2 aliphatic heterocycles. The molecule has 308 valence electrons. The number of carbonyl (C=O) groups is 3. The highest BCUT2D eigenvalue weighted by molar-refractivity contribution is 6.00. The zero-order chi connectivity index (χ0) is 41.1. The highest BCUT2D eigenvalue weighted by atomic mass is 16.2. The number of likely N-dealkylation sites (tertiary alicyclic amines) is 2. The molecule has 2 saturated heterocycles. The third kappa shape index (κ3) is 10.9. The summed E-state index contributed by atoms with van der Waals surface area (Å²) in [5.41, 5.74) is 7.07. The van der Waals surface area contributed by atoms with E-state index in [0.717, 1.165) is 73.1 Å². The van der Waals surface area contributed by atoms with E-state index in [2.05, 4.69) is 51.7 Å². The first-order chi connectivity index (χ1) is 29.4. The maximum absolute atomic E-state index is 13.1. The number of urea groups is 1. The molecule has 2 aliphatic rings. The Morgan fingerprint density at radius 3 is 1.32 bits per heavy atom. The molecule has 15 nitrogen and oxygen atoms in total. The van der Waals surface area contributed by atoms with E-state index in [1.54, 1.807) is 21.5 Å². The molecule has 2 aromatic heterocycles. The molecule has 0 spiro atoms. The summed E-state index contributed by atoms with van der Waals surface area (Å²) in [6, 6.07) is 29.4. The SMILES string of the molecule is O=C(CCN1CCCCC1)Nc1ccc(-n2cc(-c3cccc(NC(=O)Nc4cccc(-c5cn(-c6ccc(NC(=O)CCN7CCCCC7)cc6)nn5)c4)c3)nn2)cc1. The largest absolute Gasteiger partial charge is 0.326 e. The van der Waals surface area contributed by atoms with E-state index in [4.69, 9.17) is 0 Å². The second-order valence-electron chi connectivity index (χ2n) is 15.3. The van der Waals surface area contributed by atoms with Crippen molar-refractivity contribution >= 4 is 40.6 Å². The highest BCUT2D eigenvalue weighted by Crippen LogP contribution is 2.25. The number of piperidine rings is 2. The van der Waals surface area contributed by atoms with Gasteiger partial charge in [0.1, 0.15) is 11.4 Å². The number of carbonyl (C=O) groups excluding carboxylic acids is 3. The van der Waals surface area contributed by atoms with Crippen LogP contribution in [0.3, 0.4) is 0 Å². The van der Waals surface area contributed by atoms with Gasteiger partial charge < -0.3 is 31.1 Å². The molecule has 0 unspecified atom stereocenters. The van der Waals surface area contributed by atoms with Crippen LogP contribution in [0.25, 0.3) is 33.9 Å². The Morgan fingerprint density at radius 2 is 0.900 bits per heavy atom. The molecule has 6 aromatic rings. The van der Waals surface area contributed by atoms with Gasteiger partial charge >= 0.3 is 6.03 Å². The molecule has 8 rings (SSSR count). The normalized spacial score (nSPS) is 14.7. The minimum atomic E-state index is -0.408. The lowest BCUT2D eigenvalue weighted by molar-refractivity contribution is -0.117. The van der Waals surface area contributed by atoms with E-state index in [9.17, 15) is 14.4 Å². The first-order valence-electron chi connectivity index (χ1n) is 20.8. The van der Waals surface area contributed by atoms with Crippen LogP contribution in [0.4, 0.5) is 27.5 Å². The number of hydrogen-bond donors (Lipinski definition) is 4. The van der Waals surface area contributed by atoms with Crippen molar-refractivity contribution in [3.05, 3.63) is 109 Å². The van der Waals surface area contributed by atoms with Crippen molar-refractivity contribution in [2.24, 2.45) is 0 Å². The molecule has 4 amide bonds. The van der Waals surface area contributed by atoms with Gasteiger partial charge in [-0.3, -0.25) is 9.59 Å². The molecular weight excluding hydrogens is 757 g/mol. The van der Waals surface area contributed by atoms with Crippen LogP contribution in [0.15, 0.2) is 109 Å². The molecule has 0 radical (unpaired) electrons. The number of amides is 4. The third-order valence-corrected chi connectivity index (χ3v) is 10.9. The zero-order valence-electron chi connectivity index (χ0n) is 33.6. The number of aromatic nitrogens is 6. The minimum Gasteiger partial charge on any atom is -0.326 e. The molecule has 4 aromatic carbocycles. The van der Waals surface area contributed by atoms with E-state index < -0.39 is 6.03 Å². The van der Waals surface area contributed by atoms with Crippen molar-refractivity contribution in [1.29, 1.82) is 0 Å². The fraction of sp³-hybridized carbons (Fsp3) is 0.311. The van der Waals surface area contributed by atoms with Gasteiger partial charge in [-0.2, -0.15) is 0 Å². The van der Waals surface area contributed by atoms with Gasteiger partial charge in [-0.05, 0) is 125 Å². The van der Waals surface area contributed by atoms with Crippen LogP contribution in [-0.2, 0) is 9.59 Å². The van der Waals surface area contributed by atoms with Crippen LogP contribution in [0, 0.1) is 0 Å². The smallest absolute Gasteiger partial charge is 0.323 e. The van der Waals surface area contributed by atoms with Crippen LogP contribution >= 0.6 is 0 Å². The first-order valence-corrected chi connectivity index (χ1v) is 20.8. The fourth-order valence-corrected chi connectivity index (χ4v) is 7.58. The summed E-state index contributed by atoms with van der Waals surface area (Å²) in [6.45, 7) is 5.87. The van der Waals surface area contributed by atoms with Gasteiger partial charge in [-0.1, -0.05) is 47.5 Å². The summed E-state index contributed by atoms with van der Waals surface area (Å²) in [5.74, 6) is 0.0176. The molecule has 2 fully saturated rings. The summed E-state index contributed by atoms with van der Waals surface area (Å²) in [4.78, 5) is 42.9. The van der Waals surface area contributed by atoms with Crippen molar-refractivity contribution in [2.45, 2.75) is 51.4 Å². The van der Waals surface area contributed by atoms with Gasteiger partial charge in [0.25, 0.3) is 0 Å². The van der Waals surface area contributed by atoms with E-state index in [0.29, 0.717) is 35.6 Å². The Balaban J connectivity index is 0.820. The topological polar surface area (TPSA) is 167 Å². The summed E-state index contributed by atoms with van der Waals surface area (Å²) in [6.07, 6.45) is 12.0. The summed E-state index contributed by atoms with van der Waals surface area (Å²) < 4.78 is 3.34. The minimum absolute atomic E-state index is 0.00878. The van der Waals surface area contributed by atoms with Gasteiger partial charge in [-0.25, -0.2) is 14.2 Å². The monoisotopic (exact) mass is 806 g/mol. The molecule has 15 heteroatoms. The van der Waals surface area contributed by atoms with Gasteiger partial charge in [-0.15, -0.1) is 10.2 Å². The molecule has 4 N–H and O–H groups in total. The lowest BCUT2D eigenvalue weighted by Crippen LogP contribution is -2.32. The molecule has 0 bridgehead atoms. The summed E-state index contributed by atoms with van der Waals surface area (Å²) in [7, 11) is 0. The first kappa shape index (κ1) is 40.1. The lowest BCUT2D eigenvalue weighted by atomic mass is 10.1. The third-order valence-electron chi connectivity index (χ3n) is 10.9. The lowest BCUT2D eigenvalue weighted by Gasteiger charge is -2.25. The number of benzene rings is 4. The van der Waals surface area contributed by atoms with Crippen LogP contribution in [0.2, 0.25) is 0 Å². The average Bonchev–Trinajstić information content (AvgIpc) is 3.99.